The smallest absolute Gasteiger partial charge is 0.350 e. The van der Waals surface area contributed by atoms with Crippen LogP contribution in [0.4, 0.5) is 5.69 Å². The van der Waals surface area contributed by atoms with Crippen LogP contribution < -0.4 is 16.7 Å². The maximum absolute atomic E-state index is 12.4. The molecule has 3 N–H and O–H groups in total. The van der Waals surface area contributed by atoms with Crippen LogP contribution in [0.1, 0.15) is 36.4 Å². The molecular weight excluding hydrogens is 366 g/mol. The number of amides is 1. The Bertz CT molecular complexity index is 1030. The molecule has 0 saturated carbocycles. The van der Waals surface area contributed by atoms with Crippen LogP contribution in [0.3, 0.4) is 0 Å². The second-order valence-electron chi connectivity index (χ2n) is 6.66. The summed E-state index contributed by atoms with van der Waals surface area (Å²) in [5.74, 6) is -0.0800. The number of aryl methyl sites for hydroxylation is 2. The molecule has 2 aromatic heterocycles. The van der Waals surface area contributed by atoms with Crippen molar-refractivity contribution in [3.63, 3.8) is 0 Å². The molecule has 0 saturated heterocycles. The van der Waals surface area contributed by atoms with Gasteiger partial charge in [-0.3, -0.25) is 9.20 Å². The Morgan fingerprint density at radius 1 is 1.30 bits per heavy atom. The lowest BCUT2D eigenvalue weighted by atomic mass is 9.87. The molecule has 3 aromatic rings. The second-order valence-corrected chi connectivity index (χ2v) is 6.66. The number of fused-ring (bicyclic) bond motifs is 2. The van der Waals surface area contributed by atoms with E-state index in [1.807, 2.05) is 24.3 Å². The zero-order valence-electron chi connectivity index (χ0n) is 14.8. The number of nitrogens with one attached hydrogen (secondary N) is 1. The summed E-state index contributed by atoms with van der Waals surface area (Å²) in [6.07, 6.45) is 4.81. The summed E-state index contributed by atoms with van der Waals surface area (Å²) in [4.78, 5) is 24.6. The van der Waals surface area contributed by atoms with Gasteiger partial charge < -0.3 is 11.1 Å². The first kappa shape index (κ1) is 19.0. The van der Waals surface area contributed by atoms with Crippen LogP contribution in [0.5, 0.6) is 0 Å². The average molecular weight is 388 g/mol. The Morgan fingerprint density at radius 3 is 2.96 bits per heavy atom. The van der Waals surface area contributed by atoms with E-state index in [9.17, 15) is 9.59 Å². The van der Waals surface area contributed by atoms with Crippen molar-refractivity contribution in [3.05, 3.63) is 64.2 Å². The number of aromatic nitrogens is 3. The fourth-order valence-electron chi connectivity index (χ4n) is 3.57. The van der Waals surface area contributed by atoms with E-state index in [1.54, 1.807) is 18.3 Å². The predicted molar refractivity (Wildman–Crippen MR) is 106 cm³/mol. The van der Waals surface area contributed by atoms with Gasteiger partial charge >= 0.3 is 5.69 Å². The first-order valence-corrected chi connectivity index (χ1v) is 8.84. The molecule has 0 radical (unpaired) electrons. The maximum atomic E-state index is 12.4. The van der Waals surface area contributed by atoms with Crippen LogP contribution in [0.15, 0.2) is 47.4 Å². The van der Waals surface area contributed by atoms with Gasteiger partial charge in [0.1, 0.15) is 0 Å². The molecule has 27 heavy (non-hydrogen) atoms. The molecule has 1 atom stereocenters. The fraction of sp³-hybridized carbons (Fsp3) is 0.316. The molecule has 7 nitrogen and oxygen atoms in total. The van der Waals surface area contributed by atoms with Gasteiger partial charge in [0, 0.05) is 18.3 Å². The lowest BCUT2D eigenvalue weighted by molar-refractivity contribution is -0.122. The van der Waals surface area contributed by atoms with Crippen LogP contribution in [0.2, 0.25) is 0 Å². The number of carbonyl (C=O) groups is 1. The van der Waals surface area contributed by atoms with Crippen LogP contribution in [0, 0.1) is 0 Å². The van der Waals surface area contributed by atoms with Gasteiger partial charge in [0.25, 0.3) is 0 Å². The minimum absolute atomic E-state index is 0. The van der Waals surface area contributed by atoms with Crippen molar-refractivity contribution >= 4 is 29.6 Å². The summed E-state index contributed by atoms with van der Waals surface area (Å²) in [7, 11) is 0. The number of halogens is 1. The highest BCUT2D eigenvalue weighted by molar-refractivity contribution is 5.85. The Kier molecular flexibility index (Phi) is 5.51. The SMILES string of the molecule is Cl.Nc1ccc2c(c1)CCCC2NC(=O)CCn1nc2ccccn2c1=O. The monoisotopic (exact) mass is 387 g/mol. The molecule has 0 bridgehead atoms. The van der Waals surface area contributed by atoms with E-state index in [0.29, 0.717) is 5.65 Å². The second kappa shape index (κ2) is 7.84. The molecule has 4 rings (SSSR count). The summed E-state index contributed by atoms with van der Waals surface area (Å²) in [5.41, 5.74) is 9.31. The van der Waals surface area contributed by atoms with Gasteiger partial charge in [-0.25, -0.2) is 9.48 Å². The number of nitrogens with zero attached hydrogens (tertiary/aromatic N) is 3. The van der Waals surface area contributed by atoms with Crippen molar-refractivity contribution in [1.29, 1.82) is 0 Å². The number of nitrogen functional groups attached to an aromatic ring is 1. The van der Waals surface area contributed by atoms with Gasteiger partial charge in [-0.1, -0.05) is 12.1 Å². The highest BCUT2D eigenvalue weighted by Crippen LogP contribution is 2.30. The number of pyridine rings is 1. The Labute approximate surface area is 162 Å². The van der Waals surface area contributed by atoms with E-state index in [0.717, 1.165) is 30.5 Å². The highest BCUT2D eigenvalue weighted by Gasteiger charge is 2.22. The third-order valence-corrected chi connectivity index (χ3v) is 4.86. The topological polar surface area (TPSA) is 94.4 Å². The number of anilines is 1. The first-order valence-electron chi connectivity index (χ1n) is 8.84. The Morgan fingerprint density at radius 2 is 2.15 bits per heavy atom. The van der Waals surface area contributed by atoms with E-state index >= 15 is 0 Å². The van der Waals surface area contributed by atoms with Crippen molar-refractivity contribution in [2.75, 3.05) is 5.73 Å². The van der Waals surface area contributed by atoms with E-state index < -0.39 is 0 Å². The third kappa shape index (κ3) is 3.83. The van der Waals surface area contributed by atoms with Gasteiger partial charge in [0.2, 0.25) is 5.91 Å². The Hall–Kier alpha value is -2.80. The Balaban J connectivity index is 0.00000210. The predicted octanol–water partition coefficient (Wildman–Crippen LogP) is 2.08. The first-order chi connectivity index (χ1) is 12.6. The zero-order valence-corrected chi connectivity index (χ0v) is 15.6. The van der Waals surface area contributed by atoms with Gasteiger partial charge in [-0.05, 0) is 54.7 Å². The van der Waals surface area contributed by atoms with Crippen LogP contribution in [-0.4, -0.2) is 20.1 Å². The van der Waals surface area contributed by atoms with E-state index in [4.69, 9.17) is 5.73 Å². The summed E-state index contributed by atoms with van der Waals surface area (Å²) in [5, 5.41) is 7.34. The highest BCUT2D eigenvalue weighted by atomic mass is 35.5. The van der Waals surface area contributed by atoms with Crippen LogP contribution in [-0.2, 0) is 17.8 Å². The van der Waals surface area contributed by atoms with Gasteiger partial charge in [-0.15, -0.1) is 17.5 Å². The third-order valence-electron chi connectivity index (χ3n) is 4.86. The molecule has 0 fully saturated rings. The molecule has 1 unspecified atom stereocenters. The maximum Gasteiger partial charge on any atom is 0.350 e. The normalized spacial score (nSPS) is 15.8. The molecule has 142 valence electrons. The number of hydrogen-bond donors (Lipinski definition) is 2. The number of benzene rings is 1. The van der Waals surface area contributed by atoms with Crippen molar-refractivity contribution in [2.45, 2.75) is 38.3 Å². The molecule has 1 aliphatic rings. The number of rotatable bonds is 4. The molecule has 0 aliphatic heterocycles. The van der Waals surface area contributed by atoms with Crippen molar-refractivity contribution < 1.29 is 4.79 Å². The van der Waals surface area contributed by atoms with E-state index in [-0.39, 0.29) is 43.0 Å². The van der Waals surface area contributed by atoms with E-state index in [2.05, 4.69) is 10.4 Å². The zero-order chi connectivity index (χ0) is 18.1. The minimum atomic E-state index is -0.230. The van der Waals surface area contributed by atoms with Crippen molar-refractivity contribution in [3.8, 4) is 0 Å². The van der Waals surface area contributed by atoms with Gasteiger partial charge in [0.15, 0.2) is 5.65 Å². The van der Waals surface area contributed by atoms with E-state index in [1.165, 1.54) is 14.6 Å². The molecule has 1 aliphatic carbocycles. The number of hydrogen-bond acceptors (Lipinski definition) is 4. The molecule has 8 heteroatoms. The summed E-state index contributed by atoms with van der Waals surface area (Å²) in [6.45, 7) is 0.258. The van der Waals surface area contributed by atoms with Crippen molar-refractivity contribution in [2.24, 2.45) is 0 Å². The fourth-order valence-corrected chi connectivity index (χ4v) is 3.57. The molecule has 1 aromatic carbocycles. The molecule has 0 spiro atoms. The molecule has 2 heterocycles. The largest absolute Gasteiger partial charge is 0.399 e. The van der Waals surface area contributed by atoms with Crippen molar-refractivity contribution in [1.82, 2.24) is 19.5 Å². The summed E-state index contributed by atoms with van der Waals surface area (Å²) in [6, 6.07) is 11.2. The lowest BCUT2D eigenvalue weighted by Crippen LogP contribution is -2.32. The van der Waals surface area contributed by atoms with Gasteiger partial charge in [-0.2, -0.15) is 0 Å². The standard InChI is InChI=1S/C19H21N5O2.ClH/c20-14-7-8-15-13(12-14)4-3-5-16(15)21-18(25)9-11-24-19(26)23-10-2-1-6-17(23)22-24;/h1-2,6-8,10,12,16H,3-5,9,11,20H2,(H,21,25);1H. The molecule has 1 amide bonds. The van der Waals surface area contributed by atoms with Crippen LogP contribution >= 0.6 is 12.4 Å². The summed E-state index contributed by atoms with van der Waals surface area (Å²) >= 11 is 0. The minimum Gasteiger partial charge on any atom is -0.399 e. The van der Waals surface area contributed by atoms with Crippen LogP contribution in [0.25, 0.3) is 5.65 Å². The number of carbonyl (C=O) groups excluding carboxylic acids is 1. The summed E-state index contributed by atoms with van der Waals surface area (Å²) < 4.78 is 2.81. The lowest BCUT2D eigenvalue weighted by Gasteiger charge is -2.26. The average Bonchev–Trinajstić information content (AvgIpc) is 2.96. The molecular formula is C19H22ClN5O2. The quantitative estimate of drug-likeness (QED) is 0.670. The number of nitrogens with two attached hydrogens (primary N) is 1. The van der Waals surface area contributed by atoms with Gasteiger partial charge in [0.05, 0.1) is 12.6 Å².